The van der Waals surface area contributed by atoms with E-state index in [1.807, 2.05) is 20.8 Å². The van der Waals surface area contributed by atoms with Crippen molar-refractivity contribution >= 4 is 11.9 Å². The van der Waals surface area contributed by atoms with Gasteiger partial charge in [-0.1, -0.05) is 32.4 Å². The van der Waals surface area contributed by atoms with Gasteiger partial charge in [0.15, 0.2) is 0 Å². The SMILES string of the molecule is CC[C@H](C)[C@H](NCC(=O)N(CC)Cc1cccc(F)c1)C(=O)O. The summed E-state index contributed by atoms with van der Waals surface area (Å²) in [6.07, 6.45) is 0.707. The van der Waals surface area contributed by atoms with Gasteiger partial charge in [-0.2, -0.15) is 0 Å². The van der Waals surface area contributed by atoms with E-state index in [1.54, 1.807) is 17.0 Å². The van der Waals surface area contributed by atoms with Crippen LogP contribution in [-0.4, -0.2) is 41.0 Å². The highest BCUT2D eigenvalue weighted by atomic mass is 19.1. The predicted octanol–water partition coefficient (Wildman–Crippen LogP) is 2.26. The zero-order chi connectivity index (χ0) is 17.4. The molecule has 2 atom stereocenters. The summed E-state index contributed by atoms with van der Waals surface area (Å²) in [5.74, 6) is -1.57. The minimum absolute atomic E-state index is 0.0511. The average molecular weight is 324 g/mol. The Balaban J connectivity index is 2.64. The van der Waals surface area contributed by atoms with E-state index in [0.717, 1.165) is 0 Å². The number of hydrogen-bond donors (Lipinski definition) is 2. The van der Waals surface area contributed by atoms with Crippen molar-refractivity contribution in [2.75, 3.05) is 13.1 Å². The van der Waals surface area contributed by atoms with Gasteiger partial charge >= 0.3 is 5.97 Å². The molecule has 0 saturated carbocycles. The summed E-state index contributed by atoms with van der Waals surface area (Å²) in [6, 6.07) is 5.35. The van der Waals surface area contributed by atoms with Crippen LogP contribution in [-0.2, 0) is 16.1 Å². The Hall–Kier alpha value is -1.95. The van der Waals surface area contributed by atoms with E-state index < -0.39 is 12.0 Å². The molecule has 0 aliphatic heterocycles. The summed E-state index contributed by atoms with van der Waals surface area (Å²) in [4.78, 5) is 25.1. The molecular weight excluding hydrogens is 299 g/mol. The fraction of sp³-hybridized carbons (Fsp3) is 0.529. The minimum Gasteiger partial charge on any atom is -0.480 e. The fourth-order valence-corrected chi connectivity index (χ4v) is 2.31. The zero-order valence-corrected chi connectivity index (χ0v) is 13.9. The molecule has 1 aromatic carbocycles. The number of aliphatic carboxylic acids is 1. The highest BCUT2D eigenvalue weighted by Gasteiger charge is 2.24. The van der Waals surface area contributed by atoms with Crippen LogP contribution in [0.15, 0.2) is 24.3 Å². The monoisotopic (exact) mass is 324 g/mol. The Morgan fingerprint density at radius 3 is 2.57 bits per heavy atom. The summed E-state index contributed by atoms with van der Waals surface area (Å²) >= 11 is 0. The summed E-state index contributed by atoms with van der Waals surface area (Å²) in [6.45, 7) is 6.30. The summed E-state index contributed by atoms with van der Waals surface area (Å²) < 4.78 is 13.2. The van der Waals surface area contributed by atoms with Gasteiger partial charge in [0.05, 0.1) is 6.54 Å². The smallest absolute Gasteiger partial charge is 0.320 e. The van der Waals surface area contributed by atoms with Crippen LogP contribution in [0.25, 0.3) is 0 Å². The number of nitrogens with one attached hydrogen (secondary N) is 1. The molecule has 23 heavy (non-hydrogen) atoms. The summed E-state index contributed by atoms with van der Waals surface area (Å²) in [5.41, 5.74) is 0.705. The third-order valence-corrected chi connectivity index (χ3v) is 3.95. The van der Waals surface area contributed by atoms with Gasteiger partial charge in [-0.25, -0.2) is 4.39 Å². The van der Waals surface area contributed by atoms with E-state index in [0.29, 0.717) is 25.1 Å². The molecule has 2 N–H and O–H groups in total. The second-order valence-electron chi connectivity index (χ2n) is 5.62. The number of benzene rings is 1. The third-order valence-electron chi connectivity index (χ3n) is 3.95. The number of carbonyl (C=O) groups is 2. The van der Waals surface area contributed by atoms with Gasteiger partial charge < -0.3 is 10.0 Å². The lowest BCUT2D eigenvalue weighted by atomic mass is 9.99. The molecule has 6 heteroatoms. The number of halogens is 1. The van der Waals surface area contributed by atoms with Crippen molar-refractivity contribution in [1.82, 2.24) is 10.2 Å². The highest BCUT2D eigenvalue weighted by Crippen LogP contribution is 2.09. The first kappa shape index (κ1) is 19.1. The Labute approximate surface area is 136 Å². The largest absolute Gasteiger partial charge is 0.480 e. The second kappa shape index (κ2) is 9.25. The van der Waals surface area contributed by atoms with Gasteiger partial charge in [-0.15, -0.1) is 0 Å². The van der Waals surface area contributed by atoms with E-state index in [2.05, 4.69) is 5.32 Å². The van der Waals surface area contributed by atoms with Crippen molar-refractivity contribution in [3.05, 3.63) is 35.6 Å². The van der Waals surface area contributed by atoms with Gasteiger partial charge in [0, 0.05) is 13.1 Å². The normalized spacial score (nSPS) is 13.4. The molecule has 128 valence electrons. The second-order valence-corrected chi connectivity index (χ2v) is 5.62. The molecule has 0 aliphatic rings. The molecule has 0 bridgehead atoms. The first-order chi connectivity index (χ1) is 10.9. The quantitative estimate of drug-likeness (QED) is 0.731. The minimum atomic E-state index is -0.958. The molecule has 1 rings (SSSR count). The van der Waals surface area contributed by atoms with Crippen LogP contribution >= 0.6 is 0 Å². The van der Waals surface area contributed by atoms with Crippen LogP contribution in [0.5, 0.6) is 0 Å². The maximum Gasteiger partial charge on any atom is 0.320 e. The van der Waals surface area contributed by atoms with Crippen molar-refractivity contribution in [2.45, 2.75) is 39.8 Å². The Morgan fingerprint density at radius 1 is 1.35 bits per heavy atom. The summed E-state index contributed by atoms with van der Waals surface area (Å²) in [7, 11) is 0. The van der Waals surface area contributed by atoms with E-state index in [1.165, 1.54) is 12.1 Å². The predicted molar refractivity (Wildman–Crippen MR) is 86.4 cm³/mol. The maximum atomic E-state index is 13.2. The van der Waals surface area contributed by atoms with E-state index in [4.69, 9.17) is 0 Å². The van der Waals surface area contributed by atoms with Crippen molar-refractivity contribution in [3.8, 4) is 0 Å². The number of carboxylic acids is 1. The molecule has 1 aromatic rings. The number of rotatable bonds is 9. The van der Waals surface area contributed by atoms with Gasteiger partial charge in [0.2, 0.25) is 5.91 Å². The molecule has 0 aliphatic carbocycles. The third kappa shape index (κ3) is 5.98. The first-order valence-corrected chi connectivity index (χ1v) is 7.87. The molecule has 5 nitrogen and oxygen atoms in total. The molecule has 1 amide bonds. The molecule has 0 aromatic heterocycles. The van der Waals surface area contributed by atoms with Gasteiger partial charge in [0.1, 0.15) is 11.9 Å². The number of nitrogens with zero attached hydrogens (tertiary/aromatic N) is 1. The first-order valence-electron chi connectivity index (χ1n) is 7.87. The zero-order valence-electron chi connectivity index (χ0n) is 13.9. The van der Waals surface area contributed by atoms with Crippen LogP contribution in [0.4, 0.5) is 4.39 Å². The van der Waals surface area contributed by atoms with Crippen molar-refractivity contribution in [1.29, 1.82) is 0 Å². The molecule has 0 unspecified atom stereocenters. The Morgan fingerprint density at radius 2 is 2.04 bits per heavy atom. The van der Waals surface area contributed by atoms with E-state index >= 15 is 0 Å². The lowest BCUT2D eigenvalue weighted by Gasteiger charge is -2.24. The number of likely N-dealkylation sites (N-methyl/N-ethyl adjacent to an activating group) is 1. The Kier molecular flexibility index (Phi) is 7.68. The van der Waals surface area contributed by atoms with E-state index in [9.17, 15) is 19.1 Å². The molecule has 0 spiro atoms. The van der Waals surface area contributed by atoms with Crippen LogP contribution in [0.1, 0.15) is 32.8 Å². The van der Waals surface area contributed by atoms with Crippen molar-refractivity contribution < 1.29 is 19.1 Å². The number of amides is 1. The molecule has 0 fully saturated rings. The van der Waals surface area contributed by atoms with Crippen LogP contribution in [0.2, 0.25) is 0 Å². The molecular formula is C17H25FN2O3. The molecule has 0 radical (unpaired) electrons. The topological polar surface area (TPSA) is 69.6 Å². The maximum absolute atomic E-state index is 13.2. The van der Waals surface area contributed by atoms with Crippen molar-refractivity contribution in [2.24, 2.45) is 5.92 Å². The van der Waals surface area contributed by atoms with Crippen molar-refractivity contribution in [3.63, 3.8) is 0 Å². The van der Waals surface area contributed by atoms with Gasteiger partial charge in [0.25, 0.3) is 0 Å². The van der Waals surface area contributed by atoms with Gasteiger partial charge in [-0.05, 0) is 30.5 Å². The van der Waals surface area contributed by atoms with Crippen LogP contribution < -0.4 is 5.32 Å². The summed E-state index contributed by atoms with van der Waals surface area (Å²) in [5, 5.41) is 12.0. The number of hydrogen-bond acceptors (Lipinski definition) is 3. The lowest BCUT2D eigenvalue weighted by molar-refractivity contribution is -0.141. The van der Waals surface area contributed by atoms with Crippen LogP contribution in [0.3, 0.4) is 0 Å². The van der Waals surface area contributed by atoms with E-state index in [-0.39, 0.29) is 24.2 Å². The Bertz CT molecular complexity index is 536. The average Bonchev–Trinajstić information content (AvgIpc) is 2.51. The van der Waals surface area contributed by atoms with Gasteiger partial charge in [-0.3, -0.25) is 14.9 Å². The number of carboxylic acid groups (broad SMARTS) is 1. The van der Waals surface area contributed by atoms with Crippen LogP contribution in [0, 0.1) is 11.7 Å². The molecule has 0 heterocycles. The lowest BCUT2D eigenvalue weighted by Crippen LogP contribution is -2.47. The number of carbonyl (C=O) groups excluding carboxylic acids is 1. The highest BCUT2D eigenvalue weighted by molar-refractivity contribution is 5.80. The fourth-order valence-electron chi connectivity index (χ4n) is 2.31. The standard InChI is InChI=1S/C17H25FN2O3/c1-4-12(3)16(17(22)23)19-10-15(21)20(5-2)11-13-7-6-8-14(18)9-13/h6-9,12,16,19H,4-5,10-11H2,1-3H3,(H,22,23)/t12-,16-/m0/s1. The molecule has 0 saturated heterocycles.